The fourth-order valence-electron chi connectivity index (χ4n) is 1.89. The van der Waals surface area contributed by atoms with Crippen molar-refractivity contribution in [3.05, 3.63) is 22.6 Å². The van der Waals surface area contributed by atoms with Gasteiger partial charge in [-0.15, -0.1) is 0 Å². The van der Waals surface area contributed by atoms with Crippen molar-refractivity contribution in [1.82, 2.24) is 4.90 Å². The Morgan fingerprint density at radius 3 is 3.00 bits per heavy atom. The maximum absolute atomic E-state index is 10.5. The number of furan rings is 1. The lowest BCUT2D eigenvalue weighted by molar-refractivity contribution is 0.109. The van der Waals surface area contributed by atoms with Gasteiger partial charge in [0.05, 0.1) is 5.02 Å². The Bertz CT molecular complexity index is 348. The van der Waals surface area contributed by atoms with Gasteiger partial charge in [-0.2, -0.15) is 0 Å². The van der Waals surface area contributed by atoms with Crippen LogP contribution in [0.5, 0.6) is 0 Å². The van der Waals surface area contributed by atoms with E-state index in [1.165, 1.54) is 0 Å². The van der Waals surface area contributed by atoms with Crippen LogP contribution in [0, 0.1) is 0 Å². The molecular formula is C10H12ClNO2. The predicted molar refractivity (Wildman–Crippen MR) is 54.0 cm³/mol. The van der Waals surface area contributed by atoms with E-state index in [1.54, 1.807) is 6.07 Å². The molecule has 1 atom stereocenters. The van der Waals surface area contributed by atoms with Crippen molar-refractivity contribution in [1.29, 1.82) is 0 Å². The lowest BCUT2D eigenvalue weighted by Crippen LogP contribution is -2.13. The first-order valence-corrected chi connectivity index (χ1v) is 5.01. The number of rotatable bonds is 2. The second kappa shape index (κ2) is 3.75. The van der Waals surface area contributed by atoms with Gasteiger partial charge in [-0.1, -0.05) is 11.6 Å². The molecule has 0 saturated carbocycles. The summed E-state index contributed by atoms with van der Waals surface area (Å²) in [6, 6.07) is 1.59. The molecule has 2 heterocycles. The highest BCUT2D eigenvalue weighted by Gasteiger charge is 2.26. The van der Waals surface area contributed by atoms with Crippen molar-refractivity contribution >= 4 is 17.9 Å². The molecule has 1 unspecified atom stereocenters. The summed E-state index contributed by atoms with van der Waals surface area (Å²) in [5, 5.41) is 0.576. The molecule has 0 radical (unpaired) electrons. The van der Waals surface area contributed by atoms with Gasteiger partial charge in [0.1, 0.15) is 5.76 Å². The smallest absolute Gasteiger partial charge is 0.185 e. The first kappa shape index (κ1) is 9.74. The van der Waals surface area contributed by atoms with Crippen molar-refractivity contribution in [2.75, 3.05) is 20.1 Å². The maximum atomic E-state index is 10.5. The predicted octanol–water partition coefficient (Wildman–Crippen LogP) is 2.16. The zero-order valence-corrected chi connectivity index (χ0v) is 8.75. The Labute approximate surface area is 87.6 Å². The Kier molecular flexibility index (Phi) is 2.61. The van der Waals surface area contributed by atoms with Gasteiger partial charge in [-0.25, -0.2) is 0 Å². The van der Waals surface area contributed by atoms with Crippen LogP contribution in [0.2, 0.25) is 5.02 Å². The van der Waals surface area contributed by atoms with Gasteiger partial charge in [0.15, 0.2) is 12.0 Å². The highest BCUT2D eigenvalue weighted by molar-refractivity contribution is 6.31. The minimum atomic E-state index is 0.319. The normalized spacial score (nSPS) is 22.9. The number of hydrogen-bond donors (Lipinski definition) is 0. The second-order valence-electron chi connectivity index (χ2n) is 3.73. The van der Waals surface area contributed by atoms with Gasteiger partial charge in [0.25, 0.3) is 0 Å². The summed E-state index contributed by atoms with van der Waals surface area (Å²) >= 11 is 5.98. The molecule has 1 fully saturated rings. The number of aldehydes is 1. The van der Waals surface area contributed by atoms with Crippen LogP contribution in [0.1, 0.15) is 28.7 Å². The van der Waals surface area contributed by atoms with E-state index in [-0.39, 0.29) is 0 Å². The summed E-state index contributed by atoms with van der Waals surface area (Å²) in [7, 11) is 2.07. The number of nitrogens with zero attached hydrogens (tertiary/aromatic N) is 1. The molecule has 0 aromatic carbocycles. The summed E-state index contributed by atoms with van der Waals surface area (Å²) in [5.74, 6) is 1.42. The fourth-order valence-corrected chi connectivity index (χ4v) is 2.19. The zero-order chi connectivity index (χ0) is 10.1. The van der Waals surface area contributed by atoms with Gasteiger partial charge in [-0.05, 0) is 20.0 Å². The third-order valence-corrected chi connectivity index (χ3v) is 2.91. The molecule has 76 valence electrons. The highest BCUT2D eigenvalue weighted by Crippen LogP contribution is 2.33. The van der Waals surface area contributed by atoms with Crippen LogP contribution in [0.25, 0.3) is 0 Å². The number of halogens is 1. The largest absolute Gasteiger partial charge is 0.456 e. The van der Waals surface area contributed by atoms with Gasteiger partial charge < -0.3 is 9.32 Å². The minimum absolute atomic E-state index is 0.319. The minimum Gasteiger partial charge on any atom is -0.456 e. The topological polar surface area (TPSA) is 33.5 Å². The third-order valence-electron chi connectivity index (χ3n) is 2.61. The molecule has 1 aromatic rings. The first-order valence-electron chi connectivity index (χ1n) is 4.63. The van der Waals surface area contributed by atoms with Gasteiger partial charge >= 0.3 is 0 Å². The molecule has 1 aromatic heterocycles. The molecule has 1 saturated heterocycles. The molecule has 0 spiro atoms. The molecule has 0 bridgehead atoms. The van der Waals surface area contributed by atoms with Crippen molar-refractivity contribution in [2.45, 2.75) is 12.3 Å². The van der Waals surface area contributed by atoms with Gasteiger partial charge in [-0.3, -0.25) is 4.79 Å². The molecule has 1 aliphatic rings. The Balaban J connectivity index is 2.23. The Morgan fingerprint density at radius 1 is 1.71 bits per heavy atom. The second-order valence-corrected chi connectivity index (χ2v) is 4.13. The summed E-state index contributed by atoms with van der Waals surface area (Å²) < 4.78 is 5.37. The number of carbonyl (C=O) groups is 1. The summed E-state index contributed by atoms with van der Waals surface area (Å²) in [5.41, 5.74) is 0. The standard InChI is InChI=1S/C10H12ClNO2/c1-12-3-2-7(5-12)10-9(11)4-8(6-13)14-10/h4,6-7H,2-3,5H2,1H3. The van der Waals surface area contributed by atoms with Crippen molar-refractivity contribution in [3.8, 4) is 0 Å². The molecule has 0 amide bonds. The van der Waals surface area contributed by atoms with Gasteiger partial charge in [0, 0.05) is 18.5 Å². The summed E-state index contributed by atoms with van der Waals surface area (Å²) in [6.45, 7) is 2.00. The Hall–Kier alpha value is -0.800. The van der Waals surface area contributed by atoms with E-state index in [1.807, 2.05) is 0 Å². The van der Waals surface area contributed by atoms with E-state index in [0.717, 1.165) is 25.3 Å². The van der Waals surface area contributed by atoms with Crippen LogP contribution in [0.15, 0.2) is 10.5 Å². The van der Waals surface area contributed by atoms with Crippen LogP contribution >= 0.6 is 11.6 Å². The molecule has 0 N–H and O–H groups in total. The molecule has 0 aliphatic carbocycles. The SMILES string of the molecule is CN1CCC(c2oc(C=O)cc2Cl)C1. The highest BCUT2D eigenvalue weighted by atomic mass is 35.5. The average molecular weight is 214 g/mol. The number of likely N-dealkylation sites (tertiary alicyclic amines) is 1. The number of carbonyl (C=O) groups excluding carboxylic acids is 1. The Morgan fingerprint density at radius 2 is 2.50 bits per heavy atom. The van der Waals surface area contributed by atoms with Crippen molar-refractivity contribution in [2.24, 2.45) is 0 Å². The van der Waals surface area contributed by atoms with E-state index in [2.05, 4.69) is 11.9 Å². The fraction of sp³-hybridized carbons (Fsp3) is 0.500. The van der Waals surface area contributed by atoms with E-state index >= 15 is 0 Å². The monoisotopic (exact) mass is 213 g/mol. The lowest BCUT2D eigenvalue weighted by Gasteiger charge is -2.07. The molecule has 1 aliphatic heterocycles. The van der Waals surface area contributed by atoms with E-state index in [4.69, 9.17) is 16.0 Å². The van der Waals surface area contributed by atoms with E-state index in [9.17, 15) is 4.79 Å². The summed E-state index contributed by atoms with van der Waals surface area (Å²) in [4.78, 5) is 12.7. The lowest BCUT2D eigenvalue weighted by atomic mass is 10.1. The average Bonchev–Trinajstić information content (AvgIpc) is 2.71. The number of hydrogen-bond acceptors (Lipinski definition) is 3. The molecule has 3 nitrogen and oxygen atoms in total. The molecule has 4 heteroatoms. The van der Waals surface area contributed by atoms with E-state index < -0.39 is 0 Å². The summed E-state index contributed by atoms with van der Waals surface area (Å²) in [6.07, 6.45) is 1.73. The van der Waals surface area contributed by atoms with Crippen LogP contribution < -0.4 is 0 Å². The number of likely N-dealkylation sites (N-methyl/N-ethyl adjacent to an activating group) is 1. The van der Waals surface area contributed by atoms with Crippen LogP contribution in [0.3, 0.4) is 0 Å². The van der Waals surface area contributed by atoms with Crippen molar-refractivity contribution < 1.29 is 9.21 Å². The van der Waals surface area contributed by atoms with Crippen LogP contribution in [0.4, 0.5) is 0 Å². The van der Waals surface area contributed by atoms with Crippen LogP contribution in [-0.4, -0.2) is 31.3 Å². The van der Waals surface area contributed by atoms with E-state index in [0.29, 0.717) is 23.0 Å². The molecular weight excluding hydrogens is 202 g/mol. The molecule has 2 rings (SSSR count). The first-order chi connectivity index (χ1) is 6.70. The van der Waals surface area contributed by atoms with Crippen molar-refractivity contribution in [3.63, 3.8) is 0 Å². The van der Waals surface area contributed by atoms with Crippen LogP contribution in [-0.2, 0) is 0 Å². The van der Waals surface area contributed by atoms with Gasteiger partial charge in [0.2, 0.25) is 0 Å². The molecule has 14 heavy (non-hydrogen) atoms. The third kappa shape index (κ3) is 1.70. The zero-order valence-electron chi connectivity index (χ0n) is 8.00. The maximum Gasteiger partial charge on any atom is 0.185 e. The quantitative estimate of drug-likeness (QED) is 0.706.